The Hall–Kier alpha value is -4.85. The fourth-order valence-electron chi connectivity index (χ4n) is 6.46. The molecule has 296 valence electrons. The van der Waals surface area contributed by atoms with Crippen molar-refractivity contribution in [1.82, 2.24) is 4.98 Å². The van der Waals surface area contributed by atoms with Gasteiger partial charge in [0, 0.05) is 54.7 Å². The molecule has 0 radical (unpaired) electrons. The Bertz CT molecular complexity index is 2120. The molecule has 2 aliphatic rings. The Morgan fingerprint density at radius 2 is 0.842 bits per heavy atom. The summed E-state index contributed by atoms with van der Waals surface area (Å²) in [5, 5.41) is 20.3. The van der Waals surface area contributed by atoms with Crippen LogP contribution in [0.25, 0.3) is 11.4 Å². The Kier molecular flexibility index (Phi) is 12.3. The quantitative estimate of drug-likeness (QED) is 0.232. The predicted molar refractivity (Wildman–Crippen MR) is 235 cm³/mol. The van der Waals surface area contributed by atoms with E-state index in [0.717, 1.165) is 5.57 Å². The highest BCUT2D eigenvalue weighted by atomic mass is 35.5. The number of hydrogen-bond acceptors (Lipinski definition) is 7. The van der Waals surface area contributed by atoms with Crippen LogP contribution >= 0.6 is 23.2 Å². The van der Waals surface area contributed by atoms with Gasteiger partial charge in [-0.05, 0) is 114 Å². The summed E-state index contributed by atoms with van der Waals surface area (Å²) in [5.41, 5.74) is 6.50. The van der Waals surface area contributed by atoms with Gasteiger partial charge in [0.1, 0.15) is 11.4 Å². The van der Waals surface area contributed by atoms with E-state index in [1.165, 1.54) is 0 Å². The van der Waals surface area contributed by atoms with Gasteiger partial charge in [0.15, 0.2) is 11.6 Å². The average Bonchev–Trinajstić information content (AvgIpc) is 3.09. The van der Waals surface area contributed by atoms with Crippen molar-refractivity contribution in [1.29, 1.82) is 0 Å². The monoisotopic (exact) mass is 801 g/mol. The van der Waals surface area contributed by atoms with Gasteiger partial charge >= 0.3 is 0 Å². The second kappa shape index (κ2) is 16.2. The van der Waals surface area contributed by atoms with Crippen LogP contribution in [0, 0.1) is 28.6 Å². The maximum absolute atomic E-state index is 14.0. The van der Waals surface area contributed by atoms with Gasteiger partial charge in [-0.25, -0.2) is 0 Å². The van der Waals surface area contributed by atoms with Gasteiger partial charge in [-0.1, -0.05) is 106 Å². The number of hydrogen-bond donors (Lipinski definition) is 0. The van der Waals surface area contributed by atoms with Gasteiger partial charge in [0.05, 0.1) is 17.1 Å². The highest BCUT2D eigenvalue weighted by Gasteiger charge is 2.36. The van der Waals surface area contributed by atoms with E-state index in [4.69, 9.17) is 38.4 Å². The summed E-state index contributed by atoms with van der Waals surface area (Å²) in [4.78, 5) is 33.1. The molecule has 0 aliphatic heterocycles. The first-order valence-electron chi connectivity index (χ1n) is 19.1. The molecule has 3 aromatic rings. The van der Waals surface area contributed by atoms with Crippen LogP contribution in [0.4, 0.5) is 11.4 Å². The van der Waals surface area contributed by atoms with Crippen molar-refractivity contribution in [3.8, 4) is 0 Å². The molecule has 0 atom stereocenters. The molecular formula is C48H53Cl2N5O2. The molecule has 0 amide bonds. The van der Waals surface area contributed by atoms with Crippen LogP contribution in [-0.2, 0) is 9.59 Å². The molecule has 0 saturated heterocycles. The van der Waals surface area contributed by atoms with Crippen LogP contribution in [0.2, 0.25) is 10.0 Å². The number of ketones is 2. The first-order chi connectivity index (χ1) is 26.3. The summed E-state index contributed by atoms with van der Waals surface area (Å²) in [7, 11) is 0. The topological polar surface area (TPSA) is 96.5 Å². The van der Waals surface area contributed by atoms with Crippen LogP contribution in [0.5, 0.6) is 0 Å². The van der Waals surface area contributed by atoms with Crippen molar-refractivity contribution in [3.63, 3.8) is 0 Å². The third-order valence-electron chi connectivity index (χ3n) is 9.61. The molecule has 0 unspecified atom stereocenters. The van der Waals surface area contributed by atoms with E-state index in [0.29, 0.717) is 77.6 Å². The number of aromatic nitrogens is 1. The smallest absolute Gasteiger partial charge is 0.186 e. The Labute approximate surface area is 348 Å². The minimum atomic E-state index is -0.455. The summed E-state index contributed by atoms with van der Waals surface area (Å²) >= 11 is 12.4. The standard InChI is InChI=1S/C48H53Cl2N5O2/c1-28-22-29(41(54-52-34-18-14-32(49)15-19-34)30-23-36(45(2,3)4)43(56)37(24-30)46(5,6)7)27-40(51-28)42(55-53-35-20-16-33(50)17-21-35)31-25-38(47(8,9)10)44(57)39(26-31)48(11,12)13/h14-27H,1-13H3/b54-52+,55-53+. The molecule has 0 bridgehead atoms. The molecule has 2 aliphatic carbocycles. The number of halogens is 2. The SMILES string of the molecule is Cc1cc(C(/N=N/c2ccc(Cl)cc2)=C2C=C(C(C)(C)C)C(=O)C(C(C)(C)C)=C2)cc(C(/N=N/c2ccc(Cl)cc2)=C2C=C(C(C)(C)C)C(=O)C(C(C)(C)C)=C2)n1. The van der Waals surface area contributed by atoms with E-state index in [-0.39, 0.29) is 11.6 Å². The molecular weight excluding hydrogens is 749 g/mol. The van der Waals surface area contributed by atoms with Crippen LogP contribution in [-0.4, -0.2) is 16.6 Å². The van der Waals surface area contributed by atoms with Crippen molar-refractivity contribution in [2.75, 3.05) is 0 Å². The molecule has 0 fully saturated rings. The molecule has 0 saturated carbocycles. The zero-order valence-electron chi connectivity index (χ0n) is 35.4. The van der Waals surface area contributed by atoms with E-state index in [1.54, 1.807) is 48.5 Å². The fourth-order valence-corrected chi connectivity index (χ4v) is 6.71. The largest absolute Gasteiger partial charge is 0.289 e. The van der Waals surface area contributed by atoms with Crippen molar-refractivity contribution in [2.45, 2.75) is 90.0 Å². The lowest BCUT2D eigenvalue weighted by Gasteiger charge is -2.31. The zero-order chi connectivity index (χ0) is 42.2. The summed E-state index contributed by atoms with van der Waals surface area (Å²) in [6.07, 6.45) is 7.71. The Morgan fingerprint density at radius 3 is 1.19 bits per heavy atom. The van der Waals surface area contributed by atoms with E-state index in [9.17, 15) is 9.59 Å². The molecule has 5 rings (SSSR count). The lowest BCUT2D eigenvalue weighted by Crippen LogP contribution is -2.28. The zero-order valence-corrected chi connectivity index (χ0v) is 36.9. The minimum Gasteiger partial charge on any atom is -0.289 e. The van der Waals surface area contributed by atoms with E-state index < -0.39 is 21.7 Å². The molecule has 1 aromatic heterocycles. The second-order valence-electron chi connectivity index (χ2n) is 18.7. The summed E-state index contributed by atoms with van der Waals surface area (Å²) in [6, 6.07) is 18.1. The van der Waals surface area contributed by atoms with Crippen molar-refractivity contribution < 1.29 is 9.59 Å². The molecule has 1 heterocycles. The number of nitrogens with zero attached hydrogens (tertiary/aromatic N) is 5. The number of azo groups is 2. The first-order valence-corrected chi connectivity index (χ1v) is 19.9. The molecule has 7 nitrogen and oxygen atoms in total. The molecule has 2 aromatic carbocycles. The fraction of sp³-hybridized carbons (Fsp3) is 0.354. The van der Waals surface area contributed by atoms with Gasteiger partial charge in [0.2, 0.25) is 0 Å². The minimum absolute atomic E-state index is 0.00925. The number of pyridine rings is 1. The predicted octanol–water partition coefficient (Wildman–Crippen LogP) is 14.7. The van der Waals surface area contributed by atoms with Gasteiger partial charge in [-0.3, -0.25) is 14.6 Å². The molecule has 0 spiro atoms. The normalized spacial score (nSPS) is 15.9. The first kappa shape index (κ1) is 43.3. The Balaban J connectivity index is 1.89. The van der Waals surface area contributed by atoms with E-state index >= 15 is 0 Å². The number of benzene rings is 2. The number of rotatable bonds is 6. The maximum Gasteiger partial charge on any atom is 0.186 e. The third kappa shape index (κ3) is 10.4. The number of aryl methyl sites for hydroxylation is 1. The number of allylic oxidation sites excluding steroid dienone is 10. The van der Waals surface area contributed by atoms with Gasteiger partial charge < -0.3 is 0 Å². The highest BCUT2D eigenvalue weighted by molar-refractivity contribution is 6.30. The number of carbonyl (C=O) groups excluding carboxylic acids is 2. The van der Waals surface area contributed by atoms with Crippen LogP contribution in [0.15, 0.2) is 139 Å². The van der Waals surface area contributed by atoms with Gasteiger partial charge in [-0.15, -0.1) is 10.2 Å². The van der Waals surface area contributed by atoms with Crippen molar-refractivity contribution in [2.24, 2.45) is 42.1 Å². The summed E-state index contributed by atoms with van der Waals surface area (Å²) < 4.78 is 0. The van der Waals surface area contributed by atoms with Gasteiger partial charge in [0.25, 0.3) is 0 Å². The van der Waals surface area contributed by atoms with Crippen LogP contribution < -0.4 is 0 Å². The van der Waals surface area contributed by atoms with Crippen molar-refractivity contribution in [3.05, 3.63) is 145 Å². The average molecular weight is 803 g/mol. The Morgan fingerprint density at radius 1 is 0.509 bits per heavy atom. The van der Waals surface area contributed by atoms with Crippen LogP contribution in [0.1, 0.15) is 100 Å². The lowest BCUT2D eigenvalue weighted by atomic mass is 9.71. The van der Waals surface area contributed by atoms with Crippen LogP contribution in [0.3, 0.4) is 0 Å². The second-order valence-corrected chi connectivity index (χ2v) is 19.6. The van der Waals surface area contributed by atoms with Crippen molar-refractivity contribution >= 4 is 57.5 Å². The summed E-state index contributed by atoms with van der Waals surface area (Å²) in [6.45, 7) is 26.4. The third-order valence-corrected chi connectivity index (χ3v) is 10.1. The van der Waals surface area contributed by atoms with Gasteiger partial charge in [-0.2, -0.15) is 10.2 Å². The van der Waals surface area contributed by atoms with E-state index in [2.05, 4.69) is 10.2 Å². The molecule has 9 heteroatoms. The number of carbonyl (C=O) groups is 2. The number of Topliss-reactive ketones (excluding diaryl/α,β-unsaturated/α-hetero) is 2. The summed E-state index contributed by atoms with van der Waals surface area (Å²) in [5.74, 6) is 0.0266. The molecule has 0 N–H and O–H groups in total. The highest BCUT2D eigenvalue weighted by Crippen LogP contribution is 2.43. The van der Waals surface area contributed by atoms with E-state index in [1.807, 2.05) is 126 Å². The molecule has 57 heavy (non-hydrogen) atoms. The lowest BCUT2D eigenvalue weighted by molar-refractivity contribution is -0.114. The maximum atomic E-state index is 14.0.